The highest BCUT2D eigenvalue weighted by molar-refractivity contribution is 7.89. The van der Waals surface area contributed by atoms with Crippen LogP contribution in [-0.2, 0) is 30.8 Å². The minimum Gasteiger partial charge on any atom is -0.379 e. The van der Waals surface area contributed by atoms with Crippen molar-refractivity contribution in [3.63, 3.8) is 0 Å². The van der Waals surface area contributed by atoms with E-state index in [0.29, 0.717) is 56.9 Å². The van der Waals surface area contributed by atoms with Crippen molar-refractivity contribution in [2.75, 3.05) is 43.1 Å². The standard InChI is InChI=1S/C24H29N3O5S/c1-17-6-7-20(14-18(17)2)25-23(28)16-27-22-9-8-21(15-19(22)4-3-5-24(27)29)33(30,31)26-10-12-32-13-11-26/h6-9,14-15H,3-5,10-13,16H2,1-2H3,(H,25,28). The van der Waals surface area contributed by atoms with Gasteiger partial charge in [-0.25, -0.2) is 8.42 Å². The quantitative estimate of drug-likeness (QED) is 0.723. The molecule has 2 amide bonds. The third kappa shape index (κ3) is 5.10. The van der Waals surface area contributed by atoms with Crippen LogP contribution in [0.4, 0.5) is 11.4 Å². The Labute approximate surface area is 194 Å². The number of sulfonamides is 1. The lowest BCUT2D eigenvalue weighted by atomic mass is 10.1. The highest BCUT2D eigenvalue weighted by Gasteiger charge is 2.29. The number of ether oxygens (including phenoxy) is 1. The summed E-state index contributed by atoms with van der Waals surface area (Å²) in [6, 6.07) is 10.5. The number of nitrogens with zero attached hydrogens (tertiary/aromatic N) is 2. The predicted molar refractivity (Wildman–Crippen MR) is 126 cm³/mol. The Morgan fingerprint density at radius 3 is 2.52 bits per heavy atom. The van der Waals surface area contributed by atoms with Crippen LogP contribution in [-0.4, -0.2) is 57.4 Å². The Morgan fingerprint density at radius 1 is 1.03 bits per heavy atom. The number of anilines is 2. The Balaban J connectivity index is 1.57. The van der Waals surface area contributed by atoms with Crippen LogP contribution < -0.4 is 10.2 Å². The molecule has 0 saturated carbocycles. The summed E-state index contributed by atoms with van der Waals surface area (Å²) in [5.74, 6) is -0.447. The zero-order valence-electron chi connectivity index (χ0n) is 19.0. The maximum Gasteiger partial charge on any atom is 0.244 e. The Bertz CT molecular complexity index is 1170. The molecule has 0 aliphatic carbocycles. The molecule has 0 spiro atoms. The molecule has 2 aromatic carbocycles. The van der Waals surface area contributed by atoms with E-state index in [1.165, 1.54) is 15.3 Å². The molecule has 2 aromatic rings. The van der Waals surface area contributed by atoms with Crippen LogP contribution >= 0.6 is 0 Å². The van der Waals surface area contributed by atoms with E-state index in [-0.39, 0.29) is 23.3 Å². The lowest BCUT2D eigenvalue weighted by molar-refractivity contribution is -0.121. The minimum absolute atomic E-state index is 0.131. The summed E-state index contributed by atoms with van der Waals surface area (Å²) in [7, 11) is -3.64. The van der Waals surface area contributed by atoms with E-state index < -0.39 is 10.0 Å². The second kappa shape index (κ2) is 9.62. The molecule has 1 saturated heterocycles. The molecule has 0 aromatic heterocycles. The normalized spacial score (nSPS) is 17.4. The Kier molecular flexibility index (Phi) is 6.83. The monoisotopic (exact) mass is 471 g/mol. The van der Waals surface area contributed by atoms with Crippen LogP contribution in [0.5, 0.6) is 0 Å². The van der Waals surface area contributed by atoms with Gasteiger partial charge in [0.05, 0.1) is 18.1 Å². The van der Waals surface area contributed by atoms with Gasteiger partial charge in [-0.15, -0.1) is 0 Å². The van der Waals surface area contributed by atoms with E-state index in [0.717, 1.165) is 16.7 Å². The summed E-state index contributed by atoms with van der Waals surface area (Å²) < 4.78 is 32.8. The van der Waals surface area contributed by atoms with Gasteiger partial charge in [-0.3, -0.25) is 9.59 Å². The van der Waals surface area contributed by atoms with Crippen molar-refractivity contribution in [1.29, 1.82) is 0 Å². The van der Waals surface area contributed by atoms with Gasteiger partial charge in [0.2, 0.25) is 21.8 Å². The topological polar surface area (TPSA) is 96.0 Å². The second-order valence-corrected chi connectivity index (χ2v) is 10.4. The first kappa shape index (κ1) is 23.4. The van der Waals surface area contributed by atoms with Gasteiger partial charge in [-0.2, -0.15) is 4.31 Å². The zero-order chi connectivity index (χ0) is 23.6. The molecule has 2 aliphatic rings. The van der Waals surface area contributed by atoms with E-state index in [1.54, 1.807) is 12.1 Å². The number of aryl methyl sites for hydroxylation is 3. The molecule has 0 radical (unpaired) electrons. The molecule has 2 aliphatic heterocycles. The molecule has 0 unspecified atom stereocenters. The summed E-state index contributed by atoms with van der Waals surface area (Å²) in [5, 5.41) is 2.86. The molecule has 4 rings (SSSR count). The summed E-state index contributed by atoms with van der Waals surface area (Å²) in [4.78, 5) is 27.2. The molecule has 8 nitrogen and oxygen atoms in total. The molecule has 2 heterocycles. The molecular formula is C24H29N3O5S. The Hall–Kier alpha value is -2.75. The summed E-state index contributed by atoms with van der Waals surface area (Å²) in [6.45, 7) is 5.24. The first-order valence-corrected chi connectivity index (χ1v) is 12.6. The average Bonchev–Trinajstić information content (AvgIpc) is 2.95. The van der Waals surface area contributed by atoms with Crippen molar-refractivity contribution in [3.8, 4) is 0 Å². The molecule has 176 valence electrons. The van der Waals surface area contributed by atoms with Crippen LogP contribution in [0, 0.1) is 13.8 Å². The highest BCUT2D eigenvalue weighted by Crippen LogP contribution is 2.30. The second-order valence-electron chi connectivity index (χ2n) is 8.49. The van der Waals surface area contributed by atoms with Crippen LogP contribution in [0.25, 0.3) is 0 Å². The van der Waals surface area contributed by atoms with Crippen molar-refractivity contribution < 1.29 is 22.7 Å². The van der Waals surface area contributed by atoms with Crippen molar-refractivity contribution in [1.82, 2.24) is 4.31 Å². The number of carbonyl (C=O) groups is 2. The van der Waals surface area contributed by atoms with Gasteiger partial charge < -0.3 is 15.0 Å². The van der Waals surface area contributed by atoms with Crippen molar-refractivity contribution in [2.24, 2.45) is 0 Å². The fraction of sp³-hybridized carbons (Fsp3) is 0.417. The van der Waals surface area contributed by atoms with E-state index in [9.17, 15) is 18.0 Å². The van der Waals surface area contributed by atoms with Crippen LogP contribution in [0.15, 0.2) is 41.3 Å². The first-order valence-electron chi connectivity index (χ1n) is 11.1. The first-order chi connectivity index (χ1) is 15.8. The zero-order valence-corrected chi connectivity index (χ0v) is 19.8. The average molecular weight is 472 g/mol. The van der Waals surface area contributed by atoms with Crippen molar-refractivity contribution in [2.45, 2.75) is 38.0 Å². The predicted octanol–water partition coefficient (Wildman–Crippen LogP) is 2.63. The molecule has 0 atom stereocenters. The fourth-order valence-electron chi connectivity index (χ4n) is 4.16. The fourth-order valence-corrected chi connectivity index (χ4v) is 5.62. The smallest absolute Gasteiger partial charge is 0.244 e. The van der Waals surface area contributed by atoms with E-state index in [2.05, 4.69) is 5.32 Å². The number of amides is 2. The largest absolute Gasteiger partial charge is 0.379 e. The minimum atomic E-state index is -3.64. The molecule has 0 bridgehead atoms. The third-order valence-electron chi connectivity index (χ3n) is 6.18. The summed E-state index contributed by atoms with van der Waals surface area (Å²) in [6.07, 6.45) is 1.47. The maximum absolute atomic E-state index is 13.1. The number of morpholine rings is 1. The SMILES string of the molecule is Cc1ccc(NC(=O)CN2C(=O)CCCc3cc(S(=O)(=O)N4CCOCC4)ccc32)cc1C. The summed E-state index contributed by atoms with van der Waals surface area (Å²) >= 11 is 0. The molecule has 33 heavy (non-hydrogen) atoms. The number of benzene rings is 2. The van der Waals surface area contributed by atoms with Crippen LogP contribution in [0.1, 0.15) is 29.5 Å². The van der Waals surface area contributed by atoms with Gasteiger partial charge in [0.25, 0.3) is 0 Å². The van der Waals surface area contributed by atoms with Gasteiger partial charge in [-0.05, 0) is 73.7 Å². The van der Waals surface area contributed by atoms with Crippen LogP contribution in [0.3, 0.4) is 0 Å². The summed E-state index contributed by atoms with van der Waals surface area (Å²) in [5.41, 5.74) is 4.23. The molecule has 9 heteroatoms. The van der Waals surface area contributed by atoms with E-state index >= 15 is 0 Å². The van der Waals surface area contributed by atoms with Crippen molar-refractivity contribution >= 4 is 33.2 Å². The number of nitrogens with one attached hydrogen (secondary N) is 1. The molecule has 1 fully saturated rings. The lowest BCUT2D eigenvalue weighted by Gasteiger charge is -2.27. The van der Waals surface area contributed by atoms with Crippen LogP contribution in [0.2, 0.25) is 0 Å². The number of hydrogen-bond acceptors (Lipinski definition) is 5. The molecular weight excluding hydrogens is 442 g/mol. The molecule has 1 N–H and O–H groups in total. The van der Waals surface area contributed by atoms with Gasteiger partial charge in [0.1, 0.15) is 6.54 Å². The van der Waals surface area contributed by atoms with E-state index in [4.69, 9.17) is 4.74 Å². The number of rotatable bonds is 5. The Morgan fingerprint density at radius 2 is 1.79 bits per heavy atom. The number of fused-ring (bicyclic) bond motifs is 1. The lowest BCUT2D eigenvalue weighted by Crippen LogP contribution is -2.40. The maximum atomic E-state index is 13.1. The van der Waals surface area contributed by atoms with Gasteiger partial charge >= 0.3 is 0 Å². The van der Waals surface area contributed by atoms with E-state index in [1.807, 2.05) is 32.0 Å². The number of hydrogen-bond donors (Lipinski definition) is 1. The van der Waals surface area contributed by atoms with Gasteiger partial charge in [0, 0.05) is 30.9 Å². The highest BCUT2D eigenvalue weighted by atomic mass is 32.2. The van der Waals surface area contributed by atoms with Gasteiger partial charge in [0.15, 0.2) is 0 Å². The van der Waals surface area contributed by atoms with Crippen molar-refractivity contribution in [3.05, 3.63) is 53.1 Å². The third-order valence-corrected chi connectivity index (χ3v) is 8.07. The number of carbonyl (C=O) groups excluding carboxylic acids is 2. The van der Waals surface area contributed by atoms with Gasteiger partial charge in [-0.1, -0.05) is 6.07 Å².